The van der Waals surface area contributed by atoms with Crippen molar-refractivity contribution in [3.63, 3.8) is 0 Å². The van der Waals surface area contributed by atoms with Crippen LogP contribution in [0.5, 0.6) is 0 Å². The van der Waals surface area contributed by atoms with Crippen molar-refractivity contribution in [3.8, 4) is 0 Å². The molecule has 1 N–H and O–H groups in total. The van der Waals surface area contributed by atoms with E-state index in [9.17, 15) is 4.79 Å². The molecule has 3 fully saturated rings. The van der Waals surface area contributed by atoms with Crippen LogP contribution < -0.4 is 0 Å². The first-order valence-electron chi connectivity index (χ1n) is 11.1. The molecule has 2 aliphatic heterocycles. The molecule has 3 aliphatic rings. The van der Waals surface area contributed by atoms with Crippen molar-refractivity contribution in [2.45, 2.75) is 51.1 Å². The van der Waals surface area contributed by atoms with Crippen molar-refractivity contribution >= 4 is 16.8 Å². The molecule has 2 aromatic rings. The number of carbonyl (C=O) groups excluding carboxylic acids is 1. The van der Waals surface area contributed by atoms with Gasteiger partial charge in [-0.3, -0.25) is 14.6 Å². The highest BCUT2D eigenvalue weighted by molar-refractivity contribution is 5.98. The quantitative estimate of drug-likeness (QED) is 0.883. The first kappa shape index (κ1) is 18.2. The van der Waals surface area contributed by atoms with Gasteiger partial charge < -0.3 is 9.88 Å². The van der Waals surface area contributed by atoms with Crippen molar-refractivity contribution in [2.75, 3.05) is 39.3 Å². The lowest BCUT2D eigenvalue weighted by Crippen LogP contribution is -2.51. The number of amides is 1. The summed E-state index contributed by atoms with van der Waals surface area (Å²) in [6.07, 6.45) is 9.87. The zero-order chi connectivity index (χ0) is 18.9. The van der Waals surface area contributed by atoms with Crippen LogP contribution in [0.2, 0.25) is 0 Å². The smallest absolute Gasteiger partial charge is 0.253 e. The summed E-state index contributed by atoms with van der Waals surface area (Å²) in [6.45, 7) is 7.48. The van der Waals surface area contributed by atoms with Crippen LogP contribution in [0.3, 0.4) is 0 Å². The van der Waals surface area contributed by atoms with E-state index in [1.54, 1.807) is 0 Å². The molecule has 0 atom stereocenters. The zero-order valence-corrected chi connectivity index (χ0v) is 16.8. The summed E-state index contributed by atoms with van der Waals surface area (Å²) in [5, 5.41) is 1.21. The molecule has 150 valence electrons. The second-order valence-corrected chi connectivity index (χ2v) is 8.82. The van der Waals surface area contributed by atoms with Gasteiger partial charge in [0.05, 0.1) is 0 Å². The van der Waals surface area contributed by atoms with E-state index >= 15 is 0 Å². The molecule has 0 radical (unpaired) electrons. The van der Waals surface area contributed by atoms with Crippen LogP contribution in [0, 0.1) is 0 Å². The number of nitrogens with one attached hydrogen (secondary N) is 1. The maximum absolute atomic E-state index is 12.9. The van der Waals surface area contributed by atoms with E-state index in [0.717, 1.165) is 62.7 Å². The number of H-pyrrole nitrogens is 1. The number of piperazine rings is 1. The number of aromatic amines is 1. The van der Waals surface area contributed by atoms with Gasteiger partial charge in [-0.25, -0.2) is 0 Å². The Bertz CT molecular complexity index is 826. The van der Waals surface area contributed by atoms with Gasteiger partial charge in [-0.1, -0.05) is 6.42 Å². The number of nitrogens with zero attached hydrogens (tertiary/aromatic N) is 3. The number of fused-ring (bicyclic) bond motifs is 1. The summed E-state index contributed by atoms with van der Waals surface area (Å²) in [4.78, 5) is 23.6. The zero-order valence-electron chi connectivity index (χ0n) is 16.8. The Morgan fingerprint density at radius 3 is 2.46 bits per heavy atom. The lowest BCUT2D eigenvalue weighted by molar-refractivity contribution is 0.0589. The Kier molecular flexibility index (Phi) is 5.12. The molecule has 2 saturated heterocycles. The molecular formula is C23H32N4O. The molecule has 1 aromatic carbocycles. The average molecular weight is 381 g/mol. The lowest BCUT2D eigenvalue weighted by Gasteiger charge is -2.43. The van der Waals surface area contributed by atoms with Gasteiger partial charge in [0.1, 0.15) is 0 Å². The molecule has 3 heterocycles. The first-order chi connectivity index (χ1) is 13.8. The van der Waals surface area contributed by atoms with Gasteiger partial charge in [0.25, 0.3) is 5.91 Å². The van der Waals surface area contributed by atoms with Crippen molar-refractivity contribution in [2.24, 2.45) is 0 Å². The molecule has 1 aromatic heterocycles. The Balaban J connectivity index is 1.28. The number of rotatable bonds is 4. The van der Waals surface area contributed by atoms with Crippen LogP contribution in [-0.2, 0) is 6.54 Å². The third-order valence-corrected chi connectivity index (χ3v) is 7.05. The Morgan fingerprint density at radius 1 is 0.964 bits per heavy atom. The van der Waals surface area contributed by atoms with Crippen molar-refractivity contribution in [1.82, 2.24) is 19.7 Å². The van der Waals surface area contributed by atoms with Crippen molar-refractivity contribution in [1.29, 1.82) is 0 Å². The van der Waals surface area contributed by atoms with Gasteiger partial charge in [0.15, 0.2) is 0 Å². The normalized spacial score (nSPS) is 22.5. The van der Waals surface area contributed by atoms with Gasteiger partial charge in [-0.05, 0) is 55.9 Å². The average Bonchev–Trinajstić information content (AvgIpc) is 3.10. The van der Waals surface area contributed by atoms with Gasteiger partial charge >= 0.3 is 0 Å². The van der Waals surface area contributed by atoms with E-state index < -0.39 is 0 Å². The van der Waals surface area contributed by atoms with E-state index in [4.69, 9.17) is 0 Å². The predicted octanol–water partition coefficient (Wildman–Crippen LogP) is 3.46. The summed E-state index contributed by atoms with van der Waals surface area (Å²) < 4.78 is 0. The van der Waals surface area contributed by atoms with Crippen LogP contribution >= 0.6 is 0 Å². The number of carbonyl (C=O) groups is 1. The molecular weight excluding hydrogens is 348 g/mol. The molecule has 0 bridgehead atoms. The molecule has 1 saturated carbocycles. The summed E-state index contributed by atoms with van der Waals surface area (Å²) in [5.41, 5.74) is 3.30. The molecule has 0 unspecified atom stereocenters. The summed E-state index contributed by atoms with van der Waals surface area (Å²) in [6, 6.07) is 7.03. The lowest BCUT2D eigenvalue weighted by atomic mass is 9.91. The van der Waals surface area contributed by atoms with Gasteiger partial charge in [-0.15, -0.1) is 0 Å². The third-order valence-electron chi connectivity index (χ3n) is 7.05. The van der Waals surface area contributed by atoms with E-state index in [1.165, 1.54) is 49.7 Å². The van der Waals surface area contributed by atoms with Crippen LogP contribution in [0.15, 0.2) is 24.4 Å². The summed E-state index contributed by atoms with van der Waals surface area (Å²) >= 11 is 0. The highest BCUT2D eigenvalue weighted by Crippen LogP contribution is 2.27. The van der Waals surface area contributed by atoms with E-state index in [2.05, 4.69) is 33.1 Å². The molecule has 28 heavy (non-hydrogen) atoms. The number of piperidine rings is 1. The minimum atomic E-state index is 0.197. The number of hydrogen-bond acceptors (Lipinski definition) is 3. The van der Waals surface area contributed by atoms with E-state index in [1.807, 2.05) is 11.0 Å². The van der Waals surface area contributed by atoms with E-state index in [0.29, 0.717) is 0 Å². The fourth-order valence-electron chi connectivity index (χ4n) is 5.00. The van der Waals surface area contributed by atoms with Gasteiger partial charge in [0, 0.05) is 74.5 Å². The Hall–Kier alpha value is -1.85. The highest BCUT2D eigenvalue weighted by atomic mass is 16.2. The molecule has 5 rings (SSSR count). The fraction of sp³-hybridized carbons (Fsp3) is 0.609. The largest absolute Gasteiger partial charge is 0.361 e. The standard InChI is InChI=1S/C23H32N4O/c28-23(27-9-2-1-3-10-27)18-7-8-22-21(15-18)19(16-24-22)17-25-11-13-26(14-12-25)20-5-4-6-20/h7-8,15-16,20,24H,1-6,9-14,17H2. The van der Waals surface area contributed by atoms with Crippen molar-refractivity contribution < 1.29 is 4.79 Å². The van der Waals surface area contributed by atoms with Gasteiger partial charge in [-0.2, -0.15) is 0 Å². The van der Waals surface area contributed by atoms with Crippen LogP contribution in [0.25, 0.3) is 10.9 Å². The maximum atomic E-state index is 12.9. The third kappa shape index (κ3) is 3.58. The number of aromatic nitrogens is 1. The molecule has 5 heteroatoms. The monoisotopic (exact) mass is 380 g/mol. The molecule has 5 nitrogen and oxygen atoms in total. The van der Waals surface area contributed by atoms with Gasteiger partial charge in [0.2, 0.25) is 0 Å². The second kappa shape index (κ2) is 7.88. The SMILES string of the molecule is O=C(c1ccc2[nH]cc(CN3CCN(C4CCC4)CC3)c2c1)N1CCCCC1. The summed E-state index contributed by atoms with van der Waals surface area (Å²) in [5.74, 6) is 0.197. The fourth-order valence-corrected chi connectivity index (χ4v) is 5.00. The number of likely N-dealkylation sites (tertiary alicyclic amines) is 1. The van der Waals surface area contributed by atoms with Crippen molar-refractivity contribution in [3.05, 3.63) is 35.5 Å². The first-order valence-corrected chi connectivity index (χ1v) is 11.1. The maximum Gasteiger partial charge on any atom is 0.253 e. The summed E-state index contributed by atoms with van der Waals surface area (Å²) in [7, 11) is 0. The second-order valence-electron chi connectivity index (χ2n) is 8.82. The Morgan fingerprint density at radius 2 is 1.75 bits per heavy atom. The highest BCUT2D eigenvalue weighted by Gasteiger charge is 2.28. The minimum Gasteiger partial charge on any atom is -0.361 e. The number of benzene rings is 1. The van der Waals surface area contributed by atoms with Crippen LogP contribution in [-0.4, -0.2) is 70.9 Å². The Labute approximate surface area is 167 Å². The van der Waals surface area contributed by atoms with Crippen LogP contribution in [0.4, 0.5) is 0 Å². The number of hydrogen-bond donors (Lipinski definition) is 1. The topological polar surface area (TPSA) is 42.6 Å². The predicted molar refractivity (Wildman–Crippen MR) is 113 cm³/mol. The van der Waals surface area contributed by atoms with E-state index in [-0.39, 0.29) is 5.91 Å². The molecule has 1 aliphatic carbocycles. The molecule has 0 spiro atoms. The van der Waals surface area contributed by atoms with Crippen LogP contribution in [0.1, 0.15) is 54.4 Å². The minimum absolute atomic E-state index is 0.197. The molecule has 1 amide bonds.